The second-order valence-corrected chi connectivity index (χ2v) is 8.46. The molecule has 0 aromatic heterocycles. The molecule has 0 unspecified atom stereocenters. The molecule has 1 N–H and O–H groups in total. The van der Waals surface area contributed by atoms with Gasteiger partial charge < -0.3 is 5.32 Å². The van der Waals surface area contributed by atoms with Crippen molar-refractivity contribution in [2.24, 2.45) is 0 Å². The summed E-state index contributed by atoms with van der Waals surface area (Å²) >= 11 is 9.44. The summed E-state index contributed by atoms with van der Waals surface area (Å²) in [5.74, 6) is -0.473. The highest BCUT2D eigenvalue weighted by Gasteiger charge is 2.23. The van der Waals surface area contributed by atoms with E-state index in [2.05, 4.69) is 21.2 Å². The summed E-state index contributed by atoms with van der Waals surface area (Å²) in [6.45, 7) is 4.22. The van der Waals surface area contributed by atoms with Crippen molar-refractivity contribution in [2.75, 3.05) is 18.4 Å². The molecule has 0 fully saturated rings. The van der Waals surface area contributed by atoms with Crippen LogP contribution in [0, 0.1) is 0 Å². The largest absolute Gasteiger partial charge is 0.322 e. The summed E-state index contributed by atoms with van der Waals surface area (Å²) in [4.78, 5) is 12.6. The molecule has 25 heavy (non-hydrogen) atoms. The lowest BCUT2D eigenvalue weighted by Crippen LogP contribution is -2.30. The molecule has 0 saturated heterocycles. The van der Waals surface area contributed by atoms with Gasteiger partial charge in [0.25, 0.3) is 5.91 Å². The smallest absolute Gasteiger partial charge is 0.257 e. The van der Waals surface area contributed by atoms with E-state index in [0.717, 1.165) is 4.47 Å². The molecule has 0 atom stereocenters. The van der Waals surface area contributed by atoms with Crippen molar-refractivity contribution in [3.8, 4) is 0 Å². The van der Waals surface area contributed by atoms with Gasteiger partial charge in [-0.15, -0.1) is 0 Å². The lowest BCUT2D eigenvalue weighted by Gasteiger charge is -2.19. The van der Waals surface area contributed by atoms with Crippen LogP contribution in [0.5, 0.6) is 0 Å². The summed E-state index contributed by atoms with van der Waals surface area (Å²) in [6, 6.07) is 11.2. The fourth-order valence-corrected chi connectivity index (χ4v) is 4.40. The minimum atomic E-state index is -3.67. The van der Waals surface area contributed by atoms with Crippen molar-refractivity contribution in [3.63, 3.8) is 0 Å². The van der Waals surface area contributed by atoms with Crippen molar-refractivity contribution in [3.05, 3.63) is 57.5 Å². The average molecular weight is 446 g/mol. The third-order valence-corrected chi connectivity index (χ3v) is 6.48. The quantitative estimate of drug-likeness (QED) is 0.717. The van der Waals surface area contributed by atoms with Gasteiger partial charge in [-0.05, 0) is 36.4 Å². The van der Waals surface area contributed by atoms with E-state index in [1.54, 1.807) is 32.0 Å². The van der Waals surface area contributed by atoms with Gasteiger partial charge in [-0.1, -0.05) is 47.4 Å². The SMILES string of the molecule is CCN(CC)S(=O)(=O)c1ccc(Cl)c(C(=O)Nc2cccc(Br)c2)c1. The van der Waals surface area contributed by atoms with E-state index in [4.69, 9.17) is 11.6 Å². The topological polar surface area (TPSA) is 66.5 Å². The summed E-state index contributed by atoms with van der Waals surface area (Å²) in [5, 5.41) is 2.90. The maximum absolute atomic E-state index is 12.6. The maximum Gasteiger partial charge on any atom is 0.257 e. The number of hydrogen-bond acceptors (Lipinski definition) is 3. The summed E-state index contributed by atoms with van der Waals surface area (Å²) in [6.07, 6.45) is 0. The predicted octanol–water partition coefficient (Wildman–Crippen LogP) is 4.39. The highest BCUT2D eigenvalue weighted by Crippen LogP contribution is 2.24. The average Bonchev–Trinajstić information content (AvgIpc) is 2.55. The highest BCUT2D eigenvalue weighted by atomic mass is 79.9. The molecule has 1 amide bonds. The zero-order valence-corrected chi connectivity index (χ0v) is 17.0. The molecule has 8 heteroatoms. The van der Waals surface area contributed by atoms with Crippen LogP contribution in [0.25, 0.3) is 0 Å². The molecule has 0 spiro atoms. The second kappa shape index (κ2) is 8.31. The van der Waals surface area contributed by atoms with Crippen LogP contribution < -0.4 is 5.32 Å². The van der Waals surface area contributed by atoms with Gasteiger partial charge in [0.2, 0.25) is 10.0 Å². The molecule has 0 heterocycles. The zero-order chi connectivity index (χ0) is 18.6. The van der Waals surface area contributed by atoms with Crippen LogP contribution in [0.4, 0.5) is 5.69 Å². The molecule has 0 aliphatic rings. The van der Waals surface area contributed by atoms with Gasteiger partial charge >= 0.3 is 0 Å². The minimum absolute atomic E-state index is 0.0417. The monoisotopic (exact) mass is 444 g/mol. The molecule has 0 aliphatic heterocycles. The first kappa shape index (κ1) is 19.9. The van der Waals surface area contributed by atoms with Crippen molar-refractivity contribution < 1.29 is 13.2 Å². The second-order valence-electron chi connectivity index (χ2n) is 5.20. The Bertz CT molecular complexity index is 883. The Balaban J connectivity index is 2.37. The molecule has 2 rings (SSSR count). The van der Waals surface area contributed by atoms with E-state index < -0.39 is 15.9 Å². The molecule has 2 aromatic carbocycles. The molecule has 5 nitrogen and oxygen atoms in total. The van der Waals surface area contributed by atoms with Gasteiger partial charge in [-0.2, -0.15) is 4.31 Å². The van der Waals surface area contributed by atoms with Gasteiger partial charge in [0.05, 0.1) is 15.5 Å². The summed E-state index contributed by atoms with van der Waals surface area (Å²) in [7, 11) is -3.67. The standard InChI is InChI=1S/C17H18BrClN2O3S/c1-3-21(4-2)25(23,24)14-8-9-16(19)15(11-14)17(22)20-13-7-5-6-12(18)10-13/h5-11H,3-4H2,1-2H3,(H,20,22). The Hall–Kier alpha value is -1.41. The summed E-state index contributed by atoms with van der Waals surface area (Å²) in [5.41, 5.74) is 0.683. The van der Waals surface area contributed by atoms with E-state index >= 15 is 0 Å². The van der Waals surface area contributed by atoms with Crippen molar-refractivity contribution in [2.45, 2.75) is 18.7 Å². The first-order chi connectivity index (χ1) is 11.8. The zero-order valence-electron chi connectivity index (χ0n) is 13.8. The normalized spacial score (nSPS) is 11.6. The van der Waals surface area contributed by atoms with E-state index in [1.807, 2.05) is 6.07 Å². The molecule has 0 aliphatic carbocycles. The fraction of sp³-hybridized carbons (Fsp3) is 0.235. The van der Waals surface area contributed by atoms with E-state index in [-0.39, 0.29) is 15.5 Å². The Morgan fingerprint density at radius 3 is 2.44 bits per heavy atom. The van der Waals surface area contributed by atoms with Crippen LogP contribution in [0.2, 0.25) is 5.02 Å². The molecule has 0 radical (unpaired) electrons. The Morgan fingerprint density at radius 2 is 1.84 bits per heavy atom. The van der Waals surface area contributed by atoms with Crippen LogP contribution in [0.3, 0.4) is 0 Å². The van der Waals surface area contributed by atoms with Crippen LogP contribution >= 0.6 is 27.5 Å². The molecule has 2 aromatic rings. The molecular formula is C17H18BrClN2O3S. The number of anilines is 1. The van der Waals surface area contributed by atoms with Crippen LogP contribution in [0.1, 0.15) is 24.2 Å². The van der Waals surface area contributed by atoms with Crippen LogP contribution in [0.15, 0.2) is 51.8 Å². The lowest BCUT2D eigenvalue weighted by atomic mass is 10.2. The van der Waals surface area contributed by atoms with Gasteiger partial charge in [0.1, 0.15) is 0 Å². The summed E-state index contributed by atoms with van der Waals surface area (Å²) < 4.78 is 27.4. The highest BCUT2D eigenvalue weighted by molar-refractivity contribution is 9.10. The Labute approximate surface area is 161 Å². The van der Waals surface area contributed by atoms with Gasteiger partial charge in [-0.25, -0.2) is 8.42 Å². The lowest BCUT2D eigenvalue weighted by molar-refractivity contribution is 0.102. The number of hydrogen-bond donors (Lipinski definition) is 1. The number of nitrogens with one attached hydrogen (secondary N) is 1. The fourth-order valence-electron chi connectivity index (χ4n) is 2.32. The first-order valence-corrected chi connectivity index (χ1v) is 10.3. The van der Waals surface area contributed by atoms with E-state index in [1.165, 1.54) is 22.5 Å². The number of carbonyl (C=O) groups is 1. The van der Waals surface area contributed by atoms with Gasteiger partial charge in [0, 0.05) is 23.2 Å². The number of benzene rings is 2. The van der Waals surface area contributed by atoms with Gasteiger partial charge in [0.15, 0.2) is 0 Å². The first-order valence-electron chi connectivity index (χ1n) is 7.66. The number of nitrogens with zero attached hydrogens (tertiary/aromatic N) is 1. The van der Waals surface area contributed by atoms with Crippen molar-refractivity contribution in [1.29, 1.82) is 0 Å². The minimum Gasteiger partial charge on any atom is -0.322 e. The number of rotatable bonds is 6. The molecule has 0 saturated carbocycles. The predicted molar refractivity (Wildman–Crippen MR) is 104 cm³/mol. The number of halogens is 2. The Kier molecular flexibility index (Phi) is 6.62. The third-order valence-electron chi connectivity index (χ3n) is 3.61. The molecule has 0 bridgehead atoms. The number of carbonyl (C=O) groups excluding carboxylic acids is 1. The Morgan fingerprint density at radius 1 is 1.16 bits per heavy atom. The number of amides is 1. The molecular weight excluding hydrogens is 428 g/mol. The van der Waals surface area contributed by atoms with Crippen LogP contribution in [-0.4, -0.2) is 31.7 Å². The third kappa shape index (κ3) is 4.61. The van der Waals surface area contributed by atoms with E-state index in [0.29, 0.717) is 18.8 Å². The van der Waals surface area contributed by atoms with Crippen molar-refractivity contribution >= 4 is 49.1 Å². The maximum atomic E-state index is 12.6. The number of sulfonamides is 1. The van der Waals surface area contributed by atoms with Crippen LogP contribution in [-0.2, 0) is 10.0 Å². The van der Waals surface area contributed by atoms with Gasteiger partial charge in [-0.3, -0.25) is 4.79 Å². The van der Waals surface area contributed by atoms with Crippen molar-refractivity contribution in [1.82, 2.24) is 4.31 Å². The van der Waals surface area contributed by atoms with E-state index in [9.17, 15) is 13.2 Å². The molecule has 134 valence electrons.